The van der Waals surface area contributed by atoms with Crippen LogP contribution in [0, 0.1) is 0 Å². The summed E-state index contributed by atoms with van der Waals surface area (Å²) >= 11 is 0. The largest absolute Gasteiger partial charge is 1.00 e. The topological polar surface area (TPSA) is 4.44 Å². The summed E-state index contributed by atoms with van der Waals surface area (Å²) in [6.07, 6.45) is 0. The summed E-state index contributed by atoms with van der Waals surface area (Å²) in [5.41, 5.74) is 0.906. The summed E-state index contributed by atoms with van der Waals surface area (Å²) < 4.78 is 0. The first-order valence-electron chi connectivity index (χ1n) is 5.25. The van der Waals surface area contributed by atoms with Gasteiger partial charge in [-0.3, -0.25) is 0 Å². The van der Waals surface area contributed by atoms with E-state index >= 15 is 0 Å². The Bertz CT molecular complexity index is 133. The SMILES string of the molecule is CC(C)(C)[NH+](C(C)(C)C)C(C)(C)C.[H-]. The van der Waals surface area contributed by atoms with Gasteiger partial charge < -0.3 is 6.33 Å². The van der Waals surface area contributed by atoms with Crippen LogP contribution in [0.5, 0.6) is 0 Å². The first-order valence-corrected chi connectivity index (χ1v) is 5.25. The Morgan fingerprint density at radius 1 is 0.538 bits per heavy atom. The zero-order chi connectivity index (χ0) is 11.1. The van der Waals surface area contributed by atoms with Crippen molar-refractivity contribution in [1.82, 2.24) is 0 Å². The van der Waals surface area contributed by atoms with Crippen LogP contribution in [0.4, 0.5) is 0 Å². The van der Waals surface area contributed by atoms with Crippen molar-refractivity contribution in [3.63, 3.8) is 0 Å². The molecule has 0 atom stereocenters. The van der Waals surface area contributed by atoms with E-state index in [1.54, 1.807) is 4.90 Å². The van der Waals surface area contributed by atoms with Crippen molar-refractivity contribution in [2.24, 2.45) is 0 Å². The van der Waals surface area contributed by atoms with Crippen LogP contribution in [0.2, 0.25) is 0 Å². The minimum absolute atomic E-state index is 0. The number of hydrogen-bond donors (Lipinski definition) is 1. The molecular formula is C12H29N. The molecule has 1 heteroatoms. The second-order valence-corrected chi connectivity index (χ2v) is 7.12. The third kappa shape index (κ3) is 3.68. The van der Waals surface area contributed by atoms with E-state index in [0.717, 1.165) is 0 Å². The Balaban J connectivity index is 0. The van der Waals surface area contributed by atoms with Crippen LogP contribution in [0.1, 0.15) is 63.7 Å². The predicted molar refractivity (Wildman–Crippen MR) is 61.3 cm³/mol. The standard InChI is InChI=1S/C12H27N.H/c1-10(2,3)13(11(4,5)6)12(7,8)9;/h1-9H3;/q;-1/p+1. The van der Waals surface area contributed by atoms with E-state index in [0.29, 0.717) is 16.6 Å². The maximum atomic E-state index is 2.32. The third-order valence-corrected chi connectivity index (χ3v) is 2.25. The molecule has 0 amide bonds. The molecule has 0 aliphatic carbocycles. The monoisotopic (exact) mass is 187 g/mol. The number of quaternary nitrogens is 1. The zero-order valence-electron chi connectivity index (χ0n) is 12.0. The van der Waals surface area contributed by atoms with Crippen LogP contribution in [-0.2, 0) is 0 Å². The van der Waals surface area contributed by atoms with E-state index in [4.69, 9.17) is 0 Å². The van der Waals surface area contributed by atoms with Gasteiger partial charge in [0.15, 0.2) is 0 Å². The van der Waals surface area contributed by atoms with Gasteiger partial charge in [-0.2, -0.15) is 0 Å². The molecule has 0 fully saturated rings. The smallest absolute Gasteiger partial charge is 0.0899 e. The molecule has 82 valence electrons. The van der Waals surface area contributed by atoms with Crippen molar-refractivity contribution in [3.05, 3.63) is 0 Å². The molecule has 0 rings (SSSR count). The Labute approximate surface area is 86.0 Å². The van der Waals surface area contributed by atoms with Gasteiger partial charge in [0.05, 0.1) is 16.6 Å². The Morgan fingerprint density at radius 3 is 0.692 bits per heavy atom. The molecule has 0 radical (unpaired) electrons. The molecule has 1 nitrogen and oxygen atoms in total. The Kier molecular flexibility index (Phi) is 3.26. The highest BCUT2D eigenvalue weighted by atomic mass is 15.3. The summed E-state index contributed by atoms with van der Waals surface area (Å²) in [6, 6.07) is 0. The lowest BCUT2D eigenvalue weighted by Gasteiger charge is -2.49. The molecule has 0 aromatic rings. The van der Waals surface area contributed by atoms with E-state index in [1.807, 2.05) is 0 Å². The highest BCUT2D eigenvalue weighted by molar-refractivity contribution is 4.73. The van der Waals surface area contributed by atoms with Gasteiger partial charge in [-0.1, -0.05) is 0 Å². The van der Waals surface area contributed by atoms with Crippen LogP contribution >= 0.6 is 0 Å². The molecule has 13 heavy (non-hydrogen) atoms. The molecular weight excluding hydrogens is 158 g/mol. The first-order chi connectivity index (χ1) is 5.37. The van der Waals surface area contributed by atoms with Crippen molar-refractivity contribution in [3.8, 4) is 0 Å². The molecule has 0 saturated heterocycles. The van der Waals surface area contributed by atoms with E-state index < -0.39 is 0 Å². The summed E-state index contributed by atoms with van der Waals surface area (Å²) in [5, 5.41) is 0. The van der Waals surface area contributed by atoms with Crippen LogP contribution < -0.4 is 4.90 Å². The van der Waals surface area contributed by atoms with Gasteiger partial charge in [-0.05, 0) is 62.3 Å². The lowest BCUT2D eigenvalue weighted by atomic mass is 9.88. The highest BCUT2D eigenvalue weighted by Gasteiger charge is 2.43. The predicted octanol–water partition coefficient (Wildman–Crippen LogP) is 2.38. The lowest BCUT2D eigenvalue weighted by Crippen LogP contribution is -3.30. The van der Waals surface area contributed by atoms with Gasteiger partial charge in [0, 0.05) is 0 Å². The normalized spacial score (nSPS) is 15.2. The minimum atomic E-state index is 0. The molecule has 0 aliphatic heterocycles. The van der Waals surface area contributed by atoms with Crippen LogP contribution in [0.3, 0.4) is 0 Å². The second kappa shape index (κ2) is 3.27. The zero-order valence-corrected chi connectivity index (χ0v) is 11.0. The van der Waals surface area contributed by atoms with Gasteiger partial charge in [-0.25, -0.2) is 0 Å². The molecule has 0 bridgehead atoms. The summed E-state index contributed by atoms with van der Waals surface area (Å²) in [4.78, 5) is 1.65. The molecule has 0 aliphatic rings. The Hall–Kier alpha value is -0.0400. The van der Waals surface area contributed by atoms with Gasteiger partial charge in [0.2, 0.25) is 0 Å². The van der Waals surface area contributed by atoms with Gasteiger partial charge >= 0.3 is 0 Å². The maximum absolute atomic E-state index is 2.32. The summed E-state index contributed by atoms with van der Waals surface area (Å²) in [5.74, 6) is 0. The van der Waals surface area contributed by atoms with E-state index in [2.05, 4.69) is 62.3 Å². The van der Waals surface area contributed by atoms with Crippen LogP contribution in [0.15, 0.2) is 0 Å². The maximum Gasteiger partial charge on any atom is 0.0899 e. The quantitative estimate of drug-likeness (QED) is 0.594. The highest BCUT2D eigenvalue weighted by Crippen LogP contribution is 2.09. The van der Waals surface area contributed by atoms with Crippen molar-refractivity contribution < 1.29 is 6.33 Å². The van der Waals surface area contributed by atoms with Gasteiger partial charge in [-0.15, -0.1) is 0 Å². The fraction of sp³-hybridized carbons (Fsp3) is 1.00. The van der Waals surface area contributed by atoms with Crippen molar-refractivity contribution >= 4 is 0 Å². The molecule has 0 aromatic carbocycles. The summed E-state index contributed by atoms with van der Waals surface area (Å²) in [7, 11) is 0. The van der Waals surface area contributed by atoms with Crippen molar-refractivity contribution in [1.29, 1.82) is 0 Å². The fourth-order valence-corrected chi connectivity index (χ4v) is 3.38. The average molecular weight is 187 g/mol. The van der Waals surface area contributed by atoms with Crippen molar-refractivity contribution in [2.75, 3.05) is 0 Å². The van der Waals surface area contributed by atoms with Crippen LogP contribution in [0.25, 0.3) is 0 Å². The van der Waals surface area contributed by atoms with Crippen molar-refractivity contribution in [2.45, 2.75) is 78.9 Å². The molecule has 1 N–H and O–H groups in total. The number of hydrogen-bond acceptors (Lipinski definition) is 0. The third-order valence-electron chi connectivity index (χ3n) is 2.25. The first kappa shape index (κ1) is 13.0. The molecule has 0 aromatic heterocycles. The molecule has 0 spiro atoms. The number of nitrogens with one attached hydrogen (secondary N) is 1. The molecule has 0 heterocycles. The minimum Gasteiger partial charge on any atom is -1.00 e. The second-order valence-electron chi connectivity index (χ2n) is 7.12. The van der Waals surface area contributed by atoms with Gasteiger partial charge in [0.1, 0.15) is 0 Å². The summed E-state index contributed by atoms with van der Waals surface area (Å²) in [6.45, 7) is 20.9. The van der Waals surface area contributed by atoms with Crippen LogP contribution in [-0.4, -0.2) is 16.6 Å². The van der Waals surface area contributed by atoms with E-state index in [9.17, 15) is 0 Å². The van der Waals surface area contributed by atoms with E-state index in [1.165, 1.54) is 0 Å². The lowest BCUT2D eigenvalue weighted by molar-refractivity contribution is -1.03. The Morgan fingerprint density at radius 2 is 0.692 bits per heavy atom. The number of rotatable bonds is 0. The molecule has 0 saturated carbocycles. The van der Waals surface area contributed by atoms with E-state index in [-0.39, 0.29) is 1.43 Å². The average Bonchev–Trinajstić information content (AvgIpc) is 1.44. The van der Waals surface area contributed by atoms with Gasteiger partial charge in [0.25, 0.3) is 0 Å². The molecule has 0 unspecified atom stereocenters. The fourth-order valence-electron chi connectivity index (χ4n) is 3.38.